The van der Waals surface area contributed by atoms with Gasteiger partial charge in [-0.3, -0.25) is 0 Å². The molecule has 3 aromatic carbocycles. The van der Waals surface area contributed by atoms with Crippen LogP contribution in [0.15, 0.2) is 65.3 Å². The number of alkyl halides is 3. The standard InChI is InChI=1S/C29H27F4N5O2/c1-28(2,15-39-4)34-14-17-10-23(29(31,32)33)25-24(11-17)36-27(40-25)19-7-5-6-18(12-19)21-9-8-20(30)13-22(21)26-37-35-16-38(26)3/h5-13,16,34H,14-15H2,1-4H3. The number of nitrogens with one attached hydrogen (secondary N) is 1. The van der Waals surface area contributed by atoms with Crippen molar-refractivity contribution in [2.24, 2.45) is 7.05 Å². The Labute approximate surface area is 227 Å². The van der Waals surface area contributed by atoms with E-state index >= 15 is 0 Å². The van der Waals surface area contributed by atoms with Gasteiger partial charge in [0.15, 0.2) is 11.4 Å². The second-order valence-electron chi connectivity index (χ2n) is 10.2. The van der Waals surface area contributed by atoms with Crippen molar-refractivity contribution in [3.8, 4) is 34.0 Å². The van der Waals surface area contributed by atoms with Crippen LogP contribution in [0.3, 0.4) is 0 Å². The molecule has 0 aliphatic heterocycles. The molecule has 0 amide bonds. The van der Waals surface area contributed by atoms with Gasteiger partial charge in [-0.1, -0.05) is 18.2 Å². The van der Waals surface area contributed by atoms with Crippen molar-refractivity contribution in [1.82, 2.24) is 25.1 Å². The lowest BCUT2D eigenvalue weighted by molar-refractivity contribution is -0.136. The Morgan fingerprint density at radius 3 is 2.48 bits per heavy atom. The molecule has 1 N–H and O–H groups in total. The molecule has 208 valence electrons. The normalized spacial score (nSPS) is 12.4. The monoisotopic (exact) mass is 553 g/mol. The average Bonchev–Trinajstić information content (AvgIpc) is 3.52. The van der Waals surface area contributed by atoms with Crippen molar-refractivity contribution in [3.63, 3.8) is 0 Å². The molecule has 0 atom stereocenters. The molecule has 5 rings (SSSR count). The first-order valence-electron chi connectivity index (χ1n) is 12.4. The summed E-state index contributed by atoms with van der Waals surface area (Å²) in [5, 5.41) is 11.2. The highest BCUT2D eigenvalue weighted by atomic mass is 19.4. The molecule has 0 aliphatic carbocycles. The largest absolute Gasteiger partial charge is 0.435 e. The number of hydrogen-bond acceptors (Lipinski definition) is 6. The number of rotatable bonds is 8. The molecule has 0 fully saturated rings. The molecule has 0 saturated carbocycles. The van der Waals surface area contributed by atoms with Crippen molar-refractivity contribution >= 4 is 11.1 Å². The van der Waals surface area contributed by atoms with Gasteiger partial charge < -0.3 is 19.0 Å². The van der Waals surface area contributed by atoms with Gasteiger partial charge in [0.25, 0.3) is 0 Å². The van der Waals surface area contributed by atoms with Crippen molar-refractivity contribution in [3.05, 3.63) is 77.9 Å². The second kappa shape index (κ2) is 10.5. The number of benzene rings is 3. The predicted octanol–water partition coefficient (Wildman–Crippen LogP) is 6.63. The van der Waals surface area contributed by atoms with Crippen molar-refractivity contribution in [1.29, 1.82) is 0 Å². The van der Waals surface area contributed by atoms with Crippen molar-refractivity contribution < 1.29 is 26.7 Å². The minimum Gasteiger partial charge on any atom is -0.435 e. The van der Waals surface area contributed by atoms with Gasteiger partial charge in [-0.2, -0.15) is 13.2 Å². The SMILES string of the molecule is COCC(C)(C)NCc1cc(C(F)(F)F)c2oc(-c3cccc(-c4ccc(F)cc4-c4nncn4C)c3)nc2c1. The van der Waals surface area contributed by atoms with Gasteiger partial charge in [0.2, 0.25) is 5.89 Å². The number of aromatic nitrogens is 4. The topological polar surface area (TPSA) is 78.0 Å². The van der Waals surface area contributed by atoms with Gasteiger partial charge in [0, 0.05) is 37.4 Å². The smallest absolute Gasteiger partial charge is 0.420 e. The molecule has 0 bridgehead atoms. The van der Waals surface area contributed by atoms with Crippen LogP contribution in [0.5, 0.6) is 0 Å². The van der Waals surface area contributed by atoms with Crippen LogP contribution in [-0.4, -0.2) is 39.0 Å². The molecule has 2 heterocycles. The van der Waals surface area contributed by atoms with Crippen molar-refractivity contribution in [2.45, 2.75) is 32.1 Å². The summed E-state index contributed by atoms with van der Waals surface area (Å²) in [5.74, 6) is 0.0633. The van der Waals surface area contributed by atoms with Crippen LogP contribution >= 0.6 is 0 Å². The highest BCUT2D eigenvalue weighted by molar-refractivity contribution is 5.84. The molecule has 7 nitrogen and oxygen atoms in total. The zero-order chi connectivity index (χ0) is 28.7. The van der Waals surface area contributed by atoms with Gasteiger partial charge in [0.05, 0.1) is 6.61 Å². The maximum atomic E-state index is 14.2. The molecule has 11 heteroatoms. The van der Waals surface area contributed by atoms with Crippen LogP contribution in [0, 0.1) is 5.82 Å². The maximum absolute atomic E-state index is 14.2. The molecular weight excluding hydrogens is 526 g/mol. The molecule has 40 heavy (non-hydrogen) atoms. The minimum absolute atomic E-state index is 0.0366. The van der Waals surface area contributed by atoms with Crippen LogP contribution in [0.4, 0.5) is 17.6 Å². The first-order valence-corrected chi connectivity index (χ1v) is 12.4. The third kappa shape index (κ3) is 5.61. The summed E-state index contributed by atoms with van der Waals surface area (Å²) in [6.45, 7) is 4.37. The first kappa shape index (κ1) is 27.5. The Morgan fingerprint density at radius 1 is 1.00 bits per heavy atom. The van der Waals surface area contributed by atoms with Crippen LogP contribution < -0.4 is 5.32 Å². The molecule has 2 aromatic heterocycles. The number of hydrogen-bond donors (Lipinski definition) is 1. The van der Waals surface area contributed by atoms with E-state index in [0.717, 1.165) is 6.07 Å². The van der Waals surface area contributed by atoms with E-state index in [9.17, 15) is 17.6 Å². The van der Waals surface area contributed by atoms with Gasteiger partial charge in [-0.15, -0.1) is 10.2 Å². The summed E-state index contributed by atoms with van der Waals surface area (Å²) in [6.07, 6.45) is -3.13. The average molecular weight is 554 g/mol. The summed E-state index contributed by atoms with van der Waals surface area (Å²) in [7, 11) is 3.31. The zero-order valence-corrected chi connectivity index (χ0v) is 22.3. The van der Waals surface area contributed by atoms with Crippen LogP contribution in [0.1, 0.15) is 25.0 Å². The number of aryl methyl sites for hydroxylation is 1. The molecule has 0 saturated heterocycles. The zero-order valence-electron chi connectivity index (χ0n) is 22.3. The lowest BCUT2D eigenvalue weighted by Gasteiger charge is -2.25. The summed E-state index contributed by atoms with van der Waals surface area (Å²) >= 11 is 0. The summed E-state index contributed by atoms with van der Waals surface area (Å²) < 4.78 is 69.0. The third-order valence-corrected chi connectivity index (χ3v) is 6.49. The van der Waals surface area contributed by atoms with Gasteiger partial charge >= 0.3 is 6.18 Å². The maximum Gasteiger partial charge on any atom is 0.420 e. The number of fused-ring (bicyclic) bond motifs is 1. The van der Waals surface area contributed by atoms with Gasteiger partial charge in [-0.05, 0) is 66.9 Å². The predicted molar refractivity (Wildman–Crippen MR) is 143 cm³/mol. The Balaban J connectivity index is 1.56. The van der Waals surface area contributed by atoms with Crippen LogP contribution in [-0.2, 0) is 24.5 Å². The fraction of sp³-hybridized carbons (Fsp3) is 0.276. The lowest BCUT2D eigenvalue weighted by atomic mass is 9.97. The Kier molecular flexibility index (Phi) is 7.19. The van der Waals surface area contributed by atoms with Crippen LogP contribution in [0.2, 0.25) is 0 Å². The minimum atomic E-state index is -4.64. The van der Waals surface area contributed by atoms with Gasteiger partial charge in [-0.25, -0.2) is 9.37 Å². The highest BCUT2D eigenvalue weighted by Gasteiger charge is 2.35. The molecule has 0 aliphatic rings. The number of ether oxygens (including phenoxy) is 1. The summed E-state index contributed by atoms with van der Waals surface area (Å²) in [4.78, 5) is 4.43. The van der Waals surface area contributed by atoms with E-state index < -0.39 is 23.1 Å². The van der Waals surface area contributed by atoms with E-state index in [0.29, 0.717) is 40.2 Å². The quantitative estimate of drug-likeness (QED) is 0.217. The Morgan fingerprint density at radius 2 is 1.77 bits per heavy atom. The molecule has 0 radical (unpaired) electrons. The number of methoxy groups -OCH3 is 1. The van der Waals surface area contributed by atoms with E-state index in [1.807, 2.05) is 19.9 Å². The van der Waals surface area contributed by atoms with E-state index in [-0.39, 0.29) is 23.5 Å². The first-order chi connectivity index (χ1) is 18.9. The van der Waals surface area contributed by atoms with E-state index in [1.54, 1.807) is 49.1 Å². The Hall–Kier alpha value is -4.09. The summed E-state index contributed by atoms with van der Waals surface area (Å²) in [5.41, 5.74) is 1.16. The summed E-state index contributed by atoms with van der Waals surface area (Å²) in [6, 6.07) is 14.0. The van der Waals surface area contributed by atoms with E-state index in [2.05, 4.69) is 20.5 Å². The lowest BCUT2D eigenvalue weighted by Crippen LogP contribution is -2.42. The number of oxazole rings is 1. The number of nitrogens with zero attached hydrogens (tertiary/aromatic N) is 4. The van der Waals surface area contributed by atoms with Crippen LogP contribution in [0.25, 0.3) is 45.1 Å². The Bertz CT molecular complexity index is 1670. The molecule has 0 spiro atoms. The van der Waals surface area contributed by atoms with Crippen molar-refractivity contribution in [2.75, 3.05) is 13.7 Å². The fourth-order valence-electron chi connectivity index (χ4n) is 4.58. The second-order valence-corrected chi connectivity index (χ2v) is 10.2. The highest BCUT2D eigenvalue weighted by Crippen LogP contribution is 2.39. The number of halogens is 4. The van der Waals surface area contributed by atoms with E-state index in [4.69, 9.17) is 9.15 Å². The molecule has 0 unspecified atom stereocenters. The molecule has 5 aromatic rings. The van der Waals surface area contributed by atoms with E-state index in [1.165, 1.54) is 18.5 Å². The molecular formula is C29H27F4N5O2. The third-order valence-electron chi connectivity index (χ3n) is 6.49. The fourth-order valence-corrected chi connectivity index (χ4v) is 4.58. The van der Waals surface area contributed by atoms with Gasteiger partial charge in [0.1, 0.15) is 23.2 Å².